The number of nitrogens with one attached hydrogen (secondary N) is 1. The highest BCUT2D eigenvalue weighted by Crippen LogP contribution is 2.23. The van der Waals surface area contributed by atoms with Crippen LogP contribution >= 0.6 is 12.4 Å². The fourth-order valence-corrected chi connectivity index (χ4v) is 2.96. The number of hydrogen-bond donors (Lipinski definition) is 1. The third kappa shape index (κ3) is 3.90. The van der Waals surface area contributed by atoms with Crippen molar-refractivity contribution in [2.24, 2.45) is 17.8 Å². The molecule has 0 saturated carbocycles. The van der Waals surface area contributed by atoms with E-state index in [1.54, 1.807) is 0 Å². The summed E-state index contributed by atoms with van der Waals surface area (Å²) in [4.78, 5) is 2.70. The summed E-state index contributed by atoms with van der Waals surface area (Å²) in [6.07, 6.45) is 4.22. The topological polar surface area (TPSA) is 15.3 Å². The van der Waals surface area contributed by atoms with E-state index >= 15 is 0 Å². The molecular formula is C13H27ClN2. The van der Waals surface area contributed by atoms with Gasteiger partial charge in [-0.15, -0.1) is 12.4 Å². The molecule has 2 rings (SSSR count). The lowest BCUT2D eigenvalue weighted by Crippen LogP contribution is -2.44. The van der Waals surface area contributed by atoms with E-state index in [1.807, 2.05) is 0 Å². The van der Waals surface area contributed by atoms with E-state index in [0.717, 1.165) is 17.8 Å². The molecule has 0 aromatic rings. The highest BCUT2D eigenvalue weighted by Gasteiger charge is 2.24. The summed E-state index contributed by atoms with van der Waals surface area (Å²) in [5.74, 6) is 2.75. The van der Waals surface area contributed by atoms with Gasteiger partial charge >= 0.3 is 0 Å². The lowest BCUT2D eigenvalue weighted by atomic mass is 9.87. The van der Waals surface area contributed by atoms with Crippen LogP contribution in [0.15, 0.2) is 0 Å². The summed E-state index contributed by atoms with van der Waals surface area (Å²) in [5, 5.41) is 3.52. The lowest BCUT2D eigenvalue weighted by Gasteiger charge is -2.38. The molecule has 3 atom stereocenters. The molecule has 96 valence electrons. The van der Waals surface area contributed by atoms with Gasteiger partial charge in [-0.05, 0) is 56.7 Å². The molecular weight excluding hydrogens is 220 g/mol. The molecule has 2 saturated heterocycles. The molecule has 0 bridgehead atoms. The summed E-state index contributed by atoms with van der Waals surface area (Å²) >= 11 is 0. The van der Waals surface area contributed by atoms with Gasteiger partial charge < -0.3 is 10.2 Å². The average Bonchev–Trinajstić information content (AvgIpc) is 2.25. The standard InChI is InChI=1S/C13H26N2.ClH/c1-11-5-7-15(9-12(11)2)10-13-4-3-6-14-8-13;/h11-14H,3-10H2,1-2H3;1H. The summed E-state index contributed by atoms with van der Waals surface area (Å²) in [6, 6.07) is 0. The van der Waals surface area contributed by atoms with Gasteiger partial charge in [0, 0.05) is 13.1 Å². The molecule has 2 heterocycles. The zero-order valence-corrected chi connectivity index (χ0v) is 11.6. The van der Waals surface area contributed by atoms with Gasteiger partial charge in [-0.25, -0.2) is 0 Å². The Balaban J connectivity index is 0.00000128. The maximum Gasteiger partial charge on any atom is 0.00219 e. The maximum atomic E-state index is 3.52. The lowest BCUT2D eigenvalue weighted by molar-refractivity contribution is 0.114. The Hall–Kier alpha value is 0.210. The Labute approximate surface area is 107 Å². The van der Waals surface area contributed by atoms with Crippen molar-refractivity contribution >= 4 is 12.4 Å². The second-order valence-electron chi connectivity index (χ2n) is 5.72. The van der Waals surface area contributed by atoms with Crippen LogP contribution in [0.1, 0.15) is 33.1 Å². The van der Waals surface area contributed by atoms with Crippen LogP contribution in [0.4, 0.5) is 0 Å². The van der Waals surface area contributed by atoms with Crippen molar-refractivity contribution in [3.8, 4) is 0 Å². The molecule has 0 aliphatic carbocycles. The number of likely N-dealkylation sites (tertiary alicyclic amines) is 1. The molecule has 0 spiro atoms. The molecule has 0 aromatic heterocycles. The quantitative estimate of drug-likeness (QED) is 0.805. The number of piperidine rings is 2. The first-order valence-electron chi connectivity index (χ1n) is 6.69. The van der Waals surface area contributed by atoms with E-state index in [4.69, 9.17) is 0 Å². The monoisotopic (exact) mass is 246 g/mol. The van der Waals surface area contributed by atoms with Gasteiger partial charge in [0.05, 0.1) is 0 Å². The van der Waals surface area contributed by atoms with E-state index in [0.29, 0.717) is 0 Å². The smallest absolute Gasteiger partial charge is 0.00219 e. The van der Waals surface area contributed by atoms with Crippen molar-refractivity contribution < 1.29 is 0 Å². The number of nitrogens with zero attached hydrogens (tertiary/aromatic N) is 1. The van der Waals surface area contributed by atoms with Crippen molar-refractivity contribution in [2.45, 2.75) is 33.1 Å². The van der Waals surface area contributed by atoms with Gasteiger partial charge in [-0.2, -0.15) is 0 Å². The van der Waals surface area contributed by atoms with Gasteiger partial charge in [-0.3, -0.25) is 0 Å². The second-order valence-corrected chi connectivity index (χ2v) is 5.72. The molecule has 16 heavy (non-hydrogen) atoms. The zero-order chi connectivity index (χ0) is 10.7. The summed E-state index contributed by atoms with van der Waals surface area (Å²) < 4.78 is 0. The molecule has 2 aliphatic heterocycles. The molecule has 3 heteroatoms. The van der Waals surface area contributed by atoms with E-state index < -0.39 is 0 Å². The molecule has 2 fully saturated rings. The normalized spacial score (nSPS) is 36.8. The summed E-state index contributed by atoms with van der Waals surface area (Å²) in [6.45, 7) is 11.3. The average molecular weight is 247 g/mol. The number of rotatable bonds is 2. The van der Waals surface area contributed by atoms with E-state index in [-0.39, 0.29) is 12.4 Å². The van der Waals surface area contributed by atoms with Crippen LogP contribution in [-0.2, 0) is 0 Å². The van der Waals surface area contributed by atoms with Crippen LogP contribution in [0, 0.1) is 17.8 Å². The predicted molar refractivity (Wildman–Crippen MR) is 72.2 cm³/mol. The van der Waals surface area contributed by atoms with Crippen molar-refractivity contribution in [1.29, 1.82) is 0 Å². The molecule has 1 N–H and O–H groups in total. The highest BCUT2D eigenvalue weighted by atomic mass is 35.5. The third-order valence-corrected chi connectivity index (χ3v) is 4.33. The summed E-state index contributed by atoms with van der Waals surface area (Å²) in [7, 11) is 0. The van der Waals surface area contributed by atoms with E-state index in [1.165, 1.54) is 52.0 Å². The maximum absolute atomic E-state index is 3.52. The minimum atomic E-state index is 0. The van der Waals surface area contributed by atoms with E-state index in [9.17, 15) is 0 Å². The molecule has 3 unspecified atom stereocenters. The second kappa shape index (κ2) is 6.83. The fourth-order valence-electron chi connectivity index (χ4n) is 2.96. The summed E-state index contributed by atoms with van der Waals surface area (Å²) in [5.41, 5.74) is 0. The largest absolute Gasteiger partial charge is 0.316 e. The number of halogens is 1. The first kappa shape index (κ1) is 14.3. The van der Waals surface area contributed by atoms with Gasteiger partial charge in [0.1, 0.15) is 0 Å². The molecule has 2 aliphatic rings. The molecule has 0 amide bonds. The minimum Gasteiger partial charge on any atom is -0.316 e. The highest BCUT2D eigenvalue weighted by molar-refractivity contribution is 5.85. The van der Waals surface area contributed by atoms with Crippen LogP contribution in [0.5, 0.6) is 0 Å². The van der Waals surface area contributed by atoms with Crippen molar-refractivity contribution in [3.05, 3.63) is 0 Å². The number of hydrogen-bond acceptors (Lipinski definition) is 2. The Morgan fingerprint density at radius 2 is 2.00 bits per heavy atom. The SMILES string of the molecule is CC1CCN(CC2CCCNC2)CC1C.Cl. The van der Waals surface area contributed by atoms with Crippen LogP contribution < -0.4 is 5.32 Å². The van der Waals surface area contributed by atoms with Crippen LogP contribution in [0.25, 0.3) is 0 Å². The van der Waals surface area contributed by atoms with Crippen LogP contribution in [-0.4, -0.2) is 37.6 Å². The van der Waals surface area contributed by atoms with Crippen molar-refractivity contribution in [1.82, 2.24) is 10.2 Å². The van der Waals surface area contributed by atoms with Gasteiger partial charge in [0.15, 0.2) is 0 Å². The Bertz CT molecular complexity index is 192. The van der Waals surface area contributed by atoms with Crippen molar-refractivity contribution in [2.75, 3.05) is 32.7 Å². The predicted octanol–water partition coefficient (Wildman–Crippen LogP) is 2.39. The minimum absolute atomic E-state index is 0. The van der Waals surface area contributed by atoms with Crippen LogP contribution in [0.3, 0.4) is 0 Å². The van der Waals surface area contributed by atoms with Crippen molar-refractivity contribution in [3.63, 3.8) is 0 Å². The first-order chi connectivity index (χ1) is 7.25. The molecule has 0 aromatic carbocycles. The third-order valence-electron chi connectivity index (χ3n) is 4.33. The Morgan fingerprint density at radius 1 is 1.19 bits per heavy atom. The Kier molecular flexibility index (Phi) is 6.09. The van der Waals surface area contributed by atoms with E-state index in [2.05, 4.69) is 24.1 Å². The molecule has 0 radical (unpaired) electrons. The van der Waals surface area contributed by atoms with Crippen LogP contribution in [0.2, 0.25) is 0 Å². The fraction of sp³-hybridized carbons (Fsp3) is 1.00. The van der Waals surface area contributed by atoms with Gasteiger partial charge in [-0.1, -0.05) is 13.8 Å². The Morgan fingerprint density at radius 3 is 2.62 bits per heavy atom. The van der Waals surface area contributed by atoms with Gasteiger partial charge in [0.2, 0.25) is 0 Å². The van der Waals surface area contributed by atoms with Gasteiger partial charge in [0.25, 0.3) is 0 Å². The zero-order valence-electron chi connectivity index (χ0n) is 10.7. The first-order valence-corrected chi connectivity index (χ1v) is 6.69. The molecule has 2 nitrogen and oxygen atoms in total.